The SMILES string of the molecule is CC/C=C/Oc1ccc(CCc2ccc(CCC)cc2)c(F)c1F. The predicted octanol–water partition coefficient (Wildman–Crippen LogP) is 6.01. The Hall–Kier alpha value is -2.16. The quantitative estimate of drug-likeness (QED) is 0.539. The molecule has 3 heteroatoms. The highest BCUT2D eigenvalue weighted by Crippen LogP contribution is 2.24. The Morgan fingerprint density at radius 1 is 0.833 bits per heavy atom. The van der Waals surface area contributed by atoms with Crippen LogP contribution in [-0.4, -0.2) is 0 Å². The van der Waals surface area contributed by atoms with Crippen LogP contribution in [0, 0.1) is 11.6 Å². The number of ether oxygens (including phenoxy) is 1. The molecule has 0 aliphatic carbocycles. The van der Waals surface area contributed by atoms with Gasteiger partial charge in [0.25, 0.3) is 0 Å². The second kappa shape index (κ2) is 9.21. The summed E-state index contributed by atoms with van der Waals surface area (Å²) in [5.74, 6) is -1.82. The van der Waals surface area contributed by atoms with Gasteiger partial charge in [-0.05, 0) is 54.5 Å². The van der Waals surface area contributed by atoms with E-state index in [1.165, 1.54) is 17.9 Å². The number of benzene rings is 2. The van der Waals surface area contributed by atoms with Crippen molar-refractivity contribution in [3.8, 4) is 5.75 Å². The summed E-state index contributed by atoms with van der Waals surface area (Å²) < 4.78 is 33.3. The minimum Gasteiger partial charge on any atom is -0.462 e. The van der Waals surface area contributed by atoms with E-state index in [1.54, 1.807) is 12.1 Å². The van der Waals surface area contributed by atoms with Crippen LogP contribution in [0.1, 0.15) is 43.4 Å². The van der Waals surface area contributed by atoms with E-state index in [4.69, 9.17) is 4.74 Å². The average Bonchev–Trinajstić information content (AvgIpc) is 2.60. The monoisotopic (exact) mass is 330 g/mol. The Morgan fingerprint density at radius 2 is 1.50 bits per heavy atom. The van der Waals surface area contributed by atoms with Gasteiger partial charge in [-0.25, -0.2) is 4.39 Å². The van der Waals surface area contributed by atoms with Crippen LogP contribution in [0.3, 0.4) is 0 Å². The van der Waals surface area contributed by atoms with Gasteiger partial charge in [0.15, 0.2) is 11.6 Å². The molecule has 0 spiro atoms. The zero-order chi connectivity index (χ0) is 17.4. The highest BCUT2D eigenvalue weighted by atomic mass is 19.2. The van der Waals surface area contributed by atoms with Crippen molar-refractivity contribution in [3.05, 3.63) is 77.1 Å². The summed E-state index contributed by atoms with van der Waals surface area (Å²) in [5, 5.41) is 0. The van der Waals surface area contributed by atoms with Gasteiger partial charge in [0.05, 0.1) is 6.26 Å². The minimum atomic E-state index is -0.924. The molecule has 2 aromatic carbocycles. The topological polar surface area (TPSA) is 9.23 Å². The van der Waals surface area contributed by atoms with Crippen molar-refractivity contribution >= 4 is 0 Å². The van der Waals surface area contributed by atoms with Crippen LogP contribution in [0.15, 0.2) is 48.7 Å². The van der Waals surface area contributed by atoms with Crippen LogP contribution < -0.4 is 4.74 Å². The fraction of sp³-hybridized carbons (Fsp3) is 0.333. The van der Waals surface area contributed by atoms with Gasteiger partial charge in [-0.2, -0.15) is 4.39 Å². The van der Waals surface area contributed by atoms with Gasteiger partial charge in [0.2, 0.25) is 5.82 Å². The molecule has 24 heavy (non-hydrogen) atoms. The molecule has 0 radical (unpaired) electrons. The van der Waals surface area contributed by atoms with Crippen molar-refractivity contribution in [2.75, 3.05) is 0 Å². The molecular formula is C21H24F2O. The average molecular weight is 330 g/mol. The van der Waals surface area contributed by atoms with Crippen LogP contribution in [0.4, 0.5) is 8.78 Å². The van der Waals surface area contributed by atoms with E-state index in [2.05, 4.69) is 31.2 Å². The smallest absolute Gasteiger partial charge is 0.201 e. The summed E-state index contributed by atoms with van der Waals surface area (Å²) >= 11 is 0. The molecule has 0 saturated heterocycles. The second-order valence-electron chi connectivity index (χ2n) is 5.82. The number of rotatable bonds is 8. The minimum absolute atomic E-state index is 0.0788. The second-order valence-corrected chi connectivity index (χ2v) is 5.82. The molecule has 128 valence electrons. The Kier molecular flexibility index (Phi) is 6.98. The van der Waals surface area contributed by atoms with Crippen LogP contribution >= 0.6 is 0 Å². The summed E-state index contributed by atoms with van der Waals surface area (Å²) in [6.45, 7) is 4.09. The molecule has 0 unspecified atom stereocenters. The molecule has 0 atom stereocenters. The maximum absolute atomic E-state index is 14.2. The summed E-state index contributed by atoms with van der Waals surface area (Å²) in [5.41, 5.74) is 2.80. The molecule has 2 rings (SSSR count). The first-order valence-corrected chi connectivity index (χ1v) is 8.52. The van der Waals surface area contributed by atoms with E-state index >= 15 is 0 Å². The zero-order valence-corrected chi connectivity index (χ0v) is 14.3. The lowest BCUT2D eigenvalue weighted by atomic mass is 10.0. The van der Waals surface area contributed by atoms with E-state index < -0.39 is 11.6 Å². The zero-order valence-electron chi connectivity index (χ0n) is 14.3. The van der Waals surface area contributed by atoms with Gasteiger partial charge < -0.3 is 4.74 Å². The van der Waals surface area contributed by atoms with Crippen LogP contribution in [0.2, 0.25) is 0 Å². The Bertz CT molecular complexity index is 675. The van der Waals surface area contributed by atoms with Crippen LogP contribution in [0.25, 0.3) is 0 Å². The van der Waals surface area contributed by atoms with E-state index in [1.807, 2.05) is 6.92 Å². The lowest BCUT2D eigenvalue weighted by Crippen LogP contribution is -2.00. The highest BCUT2D eigenvalue weighted by Gasteiger charge is 2.14. The van der Waals surface area contributed by atoms with Gasteiger partial charge in [-0.15, -0.1) is 0 Å². The van der Waals surface area contributed by atoms with E-state index in [-0.39, 0.29) is 5.75 Å². The summed E-state index contributed by atoms with van der Waals surface area (Å²) in [6.07, 6.45) is 7.22. The first-order valence-electron chi connectivity index (χ1n) is 8.52. The maximum atomic E-state index is 14.2. The third-order valence-corrected chi connectivity index (χ3v) is 3.90. The fourth-order valence-electron chi connectivity index (χ4n) is 2.51. The standard InChI is InChI=1S/C21H24F2O/c1-3-5-15-24-19-14-13-18(20(22)21(19)23)12-11-17-9-7-16(6-4-2)8-10-17/h5,7-10,13-15H,3-4,6,11-12H2,1-2H3/b15-5+. The third-order valence-electron chi connectivity index (χ3n) is 3.90. The number of hydrogen-bond donors (Lipinski definition) is 0. The molecule has 0 amide bonds. The molecule has 0 bridgehead atoms. The maximum Gasteiger partial charge on any atom is 0.201 e. The van der Waals surface area contributed by atoms with Gasteiger partial charge in [-0.3, -0.25) is 0 Å². The van der Waals surface area contributed by atoms with Gasteiger partial charge in [-0.1, -0.05) is 50.6 Å². The molecule has 0 aromatic heterocycles. The van der Waals surface area contributed by atoms with Crippen molar-refractivity contribution in [2.24, 2.45) is 0 Å². The fourth-order valence-corrected chi connectivity index (χ4v) is 2.51. The van der Waals surface area contributed by atoms with Crippen molar-refractivity contribution in [3.63, 3.8) is 0 Å². The summed E-state index contributed by atoms with van der Waals surface area (Å²) in [7, 11) is 0. The summed E-state index contributed by atoms with van der Waals surface area (Å²) in [6, 6.07) is 11.4. The lowest BCUT2D eigenvalue weighted by molar-refractivity contribution is 0.410. The number of allylic oxidation sites excluding steroid dienone is 1. The molecule has 1 nitrogen and oxygen atoms in total. The predicted molar refractivity (Wildman–Crippen MR) is 94.3 cm³/mol. The largest absolute Gasteiger partial charge is 0.462 e. The number of aryl methyl sites for hydroxylation is 3. The number of hydrogen-bond acceptors (Lipinski definition) is 1. The van der Waals surface area contributed by atoms with Crippen molar-refractivity contribution in [2.45, 2.75) is 46.0 Å². The Balaban J connectivity index is 2.02. The van der Waals surface area contributed by atoms with E-state index in [0.29, 0.717) is 18.4 Å². The van der Waals surface area contributed by atoms with Crippen molar-refractivity contribution in [1.82, 2.24) is 0 Å². The van der Waals surface area contributed by atoms with Crippen LogP contribution in [-0.2, 0) is 19.3 Å². The van der Waals surface area contributed by atoms with Crippen molar-refractivity contribution in [1.29, 1.82) is 0 Å². The first kappa shape index (κ1) is 18.2. The van der Waals surface area contributed by atoms with Gasteiger partial charge in [0.1, 0.15) is 0 Å². The Morgan fingerprint density at radius 3 is 2.12 bits per heavy atom. The van der Waals surface area contributed by atoms with Gasteiger partial charge >= 0.3 is 0 Å². The van der Waals surface area contributed by atoms with Crippen molar-refractivity contribution < 1.29 is 13.5 Å². The molecular weight excluding hydrogens is 306 g/mol. The van der Waals surface area contributed by atoms with E-state index in [0.717, 1.165) is 24.8 Å². The molecule has 0 aliphatic heterocycles. The molecule has 0 heterocycles. The molecule has 0 saturated carbocycles. The highest BCUT2D eigenvalue weighted by molar-refractivity contribution is 5.32. The third kappa shape index (κ3) is 4.92. The first-order chi connectivity index (χ1) is 11.7. The van der Waals surface area contributed by atoms with E-state index in [9.17, 15) is 8.78 Å². The molecule has 0 fully saturated rings. The normalized spacial score (nSPS) is 11.2. The number of halogens is 2. The molecule has 0 N–H and O–H groups in total. The van der Waals surface area contributed by atoms with Gasteiger partial charge in [0, 0.05) is 0 Å². The van der Waals surface area contributed by atoms with Crippen LogP contribution in [0.5, 0.6) is 5.75 Å². The molecule has 0 aliphatic rings. The Labute approximate surface area is 143 Å². The molecule has 2 aromatic rings. The lowest BCUT2D eigenvalue weighted by Gasteiger charge is -2.08. The summed E-state index contributed by atoms with van der Waals surface area (Å²) in [4.78, 5) is 0.